The van der Waals surface area contributed by atoms with Crippen LogP contribution >= 0.6 is 0 Å². The number of amides is 2. The zero-order valence-corrected chi connectivity index (χ0v) is 15.8. The summed E-state index contributed by atoms with van der Waals surface area (Å²) in [7, 11) is 0. The van der Waals surface area contributed by atoms with Gasteiger partial charge in [0.2, 0.25) is 11.8 Å². The molecule has 0 bridgehead atoms. The monoisotopic (exact) mass is 382 g/mol. The van der Waals surface area contributed by atoms with Crippen LogP contribution in [-0.2, 0) is 14.3 Å². The van der Waals surface area contributed by atoms with Gasteiger partial charge >= 0.3 is 5.97 Å². The third-order valence-electron chi connectivity index (χ3n) is 3.72. The van der Waals surface area contributed by atoms with Crippen LogP contribution < -0.4 is 10.6 Å². The van der Waals surface area contributed by atoms with Gasteiger partial charge in [0.15, 0.2) is 12.4 Å². The molecule has 0 aliphatic rings. The van der Waals surface area contributed by atoms with Gasteiger partial charge < -0.3 is 15.4 Å². The number of benzene rings is 2. The molecule has 0 spiro atoms. The number of esters is 1. The molecular formula is C21H22N2O5. The van der Waals surface area contributed by atoms with Crippen LogP contribution in [0.5, 0.6) is 0 Å². The van der Waals surface area contributed by atoms with E-state index < -0.39 is 12.6 Å². The molecule has 2 N–H and O–H groups in total. The molecule has 0 aliphatic carbocycles. The Balaban J connectivity index is 1.92. The first-order chi connectivity index (χ1) is 13.4. The van der Waals surface area contributed by atoms with Crippen molar-refractivity contribution < 1.29 is 23.9 Å². The SMILES string of the molecule is CCCC(=O)Nc1ccc(C(=O)COC(=O)c2cccc(NC(C)=O)c2)cc1. The number of anilines is 2. The number of carbonyl (C=O) groups is 4. The van der Waals surface area contributed by atoms with Crippen molar-refractivity contribution >= 4 is 34.9 Å². The van der Waals surface area contributed by atoms with Crippen LogP contribution in [-0.4, -0.2) is 30.2 Å². The van der Waals surface area contributed by atoms with E-state index in [0.29, 0.717) is 23.4 Å². The van der Waals surface area contributed by atoms with Gasteiger partial charge in [-0.05, 0) is 48.9 Å². The number of nitrogens with one attached hydrogen (secondary N) is 2. The zero-order valence-electron chi connectivity index (χ0n) is 15.8. The normalized spacial score (nSPS) is 10.1. The van der Waals surface area contributed by atoms with Crippen molar-refractivity contribution in [1.29, 1.82) is 0 Å². The van der Waals surface area contributed by atoms with Crippen molar-refractivity contribution in [3.05, 3.63) is 59.7 Å². The first-order valence-corrected chi connectivity index (χ1v) is 8.87. The Hall–Kier alpha value is -3.48. The predicted molar refractivity (Wildman–Crippen MR) is 105 cm³/mol. The van der Waals surface area contributed by atoms with Gasteiger partial charge in [-0.2, -0.15) is 0 Å². The van der Waals surface area contributed by atoms with Crippen LogP contribution in [0.15, 0.2) is 48.5 Å². The van der Waals surface area contributed by atoms with Gasteiger partial charge in [-0.15, -0.1) is 0 Å². The third kappa shape index (κ3) is 6.35. The van der Waals surface area contributed by atoms with Crippen LogP contribution in [0.3, 0.4) is 0 Å². The van der Waals surface area contributed by atoms with E-state index >= 15 is 0 Å². The summed E-state index contributed by atoms with van der Waals surface area (Å²) in [5, 5.41) is 5.31. The summed E-state index contributed by atoms with van der Waals surface area (Å²) in [6.45, 7) is 2.87. The maximum absolute atomic E-state index is 12.2. The number of rotatable bonds is 8. The number of ketones is 1. The van der Waals surface area contributed by atoms with Gasteiger partial charge in [0.05, 0.1) is 5.56 Å². The van der Waals surface area contributed by atoms with E-state index in [4.69, 9.17) is 4.74 Å². The Kier molecular flexibility index (Phi) is 7.45. The van der Waals surface area contributed by atoms with Crippen molar-refractivity contribution in [3.8, 4) is 0 Å². The van der Waals surface area contributed by atoms with Gasteiger partial charge in [0.25, 0.3) is 0 Å². The highest BCUT2D eigenvalue weighted by atomic mass is 16.5. The molecule has 0 atom stereocenters. The largest absolute Gasteiger partial charge is 0.454 e. The molecule has 2 rings (SSSR count). The van der Waals surface area contributed by atoms with Crippen molar-refractivity contribution in [3.63, 3.8) is 0 Å². The Labute approximate surface area is 163 Å². The van der Waals surface area contributed by atoms with Crippen LogP contribution in [0.4, 0.5) is 11.4 Å². The summed E-state index contributed by atoms with van der Waals surface area (Å²) < 4.78 is 5.06. The van der Waals surface area contributed by atoms with Gasteiger partial charge in [0.1, 0.15) is 0 Å². The van der Waals surface area contributed by atoms with Crippen molar-refractivity contribution in [1.82, 2.24) is 0 Å². The van der Waals surface area contributed by atoms with Gasteiger partial charge in [-0.1, -0.05) is 13.0 Å². The number of hydrogen-bond donors (Lipinski definition) is 2. The van der Waals surface area contributed by atoms with E-state index in [1.54, 1.807) is 36.4 Å². The summed E-state index contributed by atoms with van der Waals surface area (Å²) >= 11 is 0. The lowest BCUT2D eigenvalue weighted by molar-refractivity contribution is -0.116. The molecule has 0 unspecified atom stereocenters. The maximum Gasteiger partial charge on any atom is 0.338 e. The van der Waals surface area contributed by atoms with Crippen LogP contribution in [0, 0.1) is 0 Å². The Morgan fingerprint density at radius 3 is 2.25 bits per heavy atom. The molecule has 7 heteroatoms. The molecule has 0 saturated carbocycles. The van der Waals surface area contributed by atoms with E-state index in [-0.39, 0.29) is 23.2 Å². The fourth-order valence-corrected chi connectivity index (χ4v) is 2.41. The molecular weight excluding hydrogens is 360 g/mol. The lowest BCUT2D eigenvalue weighted by Crippen LogP contribution is -2.15. The molecule has 28 heavy (non-hydrogen) atoms. The second-order valence-electron chi connectivity index (χ2n) is 6.14. The molecule has 7 nitrogen and oxygen atoms in total. The Bertz CT molecular complexity index is 875. The predicted octanol–water partition coefficient (Wildman–Crippen LogP) is 3.42. The molecule has 0 aromatic heterocycles. The number of Topliss-reactive ketones (excluding diaryl/α,β-unsaturated/α-hetero) is 1. The summed E-state index contributed by atoms with van der Waals surface area (Å²) in [5.74, 6) is -1.37. The van der Waals surface area contributed by atoms with Crippen molar-refractivity contribution in [2.45, 2.75) is 26.7 Å². The minimum Gasteiger partial charge on any atom is -0.454 e. The molecule has 0 fully saturated rings. The molecule has 2 amide bonds. The van der Waals surface area contributed by atoms with Gasteiger partial charge in [-0.25, -0.2) is 4.79 Å². The number of carbonyl (C=O) groups excluding carboxylic acids is 4. The zero-order chi connectivity index (χ0) is 20.5. The smallest absolute Gasteiger partial charge is 0.338 e. The second kappa shape index (κ2) is 10.0. The average Bonchev–Trinajstić information content (AvgIpc) is 2.66. The van der Waals surface area contributed by atoms with E-state index in [9.17, 15) is 19.2 Å². The highest BCUT2D eigenvalue weighted by Crippen LogP contribution is 2.13. The lowest BCUT2D eigenvalue weighted by atomic mass is 10.1. The minimum atomic E-state index is -0.663. The molecule has 0 heterocycles. The first kappa shape index (κ1) is 20.8. The maximum atomic E-state index is 12.2. The van der Waals surface area contributed by atoms with Crippen LogP contribution in [0.25, 0.3) is 0 Å². The molecule has 0 aliphatic heterocycles. The number of ether oxygens (including phenoxy) is 1. The summed E-state index contributed by atoms with van der Waals surface area (Å²) in [6.07, 6.45) is 1.18. The summed E-state index contributed by atoms with van der Waals surface area (Å²) in [4.78, 5) is 47.0. The van der Waals surface area contributed by atoms with Gasteiger partial charge in [-0.3, -0.25) is 14.4 Å². The average molecular weight is 382 g/mol. The van der Waals surface area contributed by atoms with E-state index in [1.807, 2.05) is 6.92 Å². The highest BCUT2D eigenvalue weighted by molar-refractivity contribution is 6.00. The van der Waals surface area contributed by atoms with Crippen LogP contribution in [0.2, 0.25) is 0 Å². The van der Waals surface area contributed by atoms with Crippen molar-refractivity contribution in [2.24, 2.45) is 0 Å². The minimum absolute atomic E-state index is 0.0861. The second-order valence-corrected chi connectivity index (χ2v) is 6.14. The van der Waals surface area contributed by atoms with Crippen LogP contribution in [0.1, 0.15) is 47.4 Å². The first-order valence-electron chi connectivity index (χ1n) is 8.87. The third-order valence-corrected chi connectivity index (χ3v) is 3.72. The van der Waals surface area contributed by atoms with E-state index in [2.05, 4.69) is 10.6 Å². The summed E-state index contributed by atoms with van der Waals surface area (Å²) in [5.41, 5.74) is 1.66. The fraction of sp³-hybridized carbons (Fsp3) is 0.238. The molecule has 2 aromatic carbocycles. The van der Waals surface area contributed by atoms with Gasteiger partial charge in [0, 0.05) is 30.3 Å². The summed E-state index contributed by atoms with van der Waals surface area (Å²) in [6, 6.07) is 12.6. The fourth-order valence-electron chi connectivity index (χ4n) is 2.41. The Morgan fingerprint density at radius 1 is 0.893 bits per heavy atom. The lowest BCUT2D eigenvalue weighted by Gasteiger charge is -2.08. The number of hydrogen-bond acceptors (Lipinski definition) is 5. The van der Waals surface area contributed by atoms with E-state index in [1.165, 1.54) is 19.1 Å². The van der Waals surface area contributed by atoms with Crippen molar-refractivity contribution in [2.75, 3.05) is 17.2 Å². The molecule has 0 radical (unpaired) electrons. The molecule has 146 valence electrons. The Morgan fingerprint density at radius 2 is 1.61 bits per heavy atom. The molecule has 2 aromatic rings. The molecule has 0 saturated heterocycles. The van der Waals surface area contributed by atoms with E-state index in [0.717, 1.165) is 6.42 Å². The quantitative estimate of drug-likeness (QED) is 0.538. The topological polar surface area (TPSA) is 102 Å². The highest BCUT2D eigenvalue weighted by Gasteiger charge is 2.13. The standard InChI is InChI=1S/C21H22N2O5/c1-3-5-20(26)23-17-10-8-15(9-11-17)19(25)13-28-21(27)16-6-4-7-18(12-16)22-14(2)24/h4,6-12H,3,5,13H2,1-2H3,(H,22,24)(H,23,26).